The Kier molecular flexibility index (Phi) is 6.96. The molecule has 2 amide bonds. The third-order valence-corrected chi connectivity index (χ3v) is 4.09. The number of nitrogens with zero attached hydrogens (tertiary/aromatic N) is 3. The molecule has 2 aromatic rings. The van der Waals surface area contributed by atoms with Crippen LogP contribution in [0.25, 0.3) is 0 Å². The van der Waals surface area contributed by atoms with Crippen molar-refractivity contribution in [2.24, 2.45) is 0 Å². The smallest absolute Gasteiger partial charge is 0.422 e. The molecule has 11 heteroatoms. The average molecular weight is 428 g/mol. The van der Waals surface area contributed by atoms with Crippen LogP contribution < -0.4 is 10.1 Å². The van der Waals surface area contributed by atoms with E-state index in [9.17, 15) is 27.2 Å². The lowest BCUT2D eigenvalue weighted by atomic mass is 10.1. The van der Waals surface area contributed by atoms with Gasteiger partial charge in [-0.15, -0.1) is 0 Å². The molecule has 30 heavy (non-hydrogen) atoms. The van der Waals surface area contributed by atoms with E-state index in [1.807, 2.05) is 0 Å². The molecule has 2 rings (SSSR count). The first kappa shape index (κ1) is 23.0. The van der Waals surface area contributed by atoms with Crippen LogP contribution in [0.3, 0.4) is 0 Å². The van der Waals surface area contributed by atoms with Crippen molar-refractivity contribution in [3.05, 3.63) is 47.0 Å². The molecule has 2 aromatic heterocycles. The Morgan fingerprint density at radius 3 is 2.50 bits per heavy atom. The van der Waals surface area contributed by atoms with Gasteiger partial charge in [0.05, 0.1) is 6.04 Å². The number of pyridine rings is 2. The molecular weight excluding hydrogens is 408 g/mol. The lowest BCUT2D eigenvalue weighted by Crippen LogP contribution is -2.30. The quantitative estimate of drug-likeness (QED) is 0.710. The van der Waals surface area contributed by atoms with E-state index in [1.165, 1.54) is 31.0 Å². The first-order chi connectivity index (χ1) is 13.9. The van der Waals surface area contributed by atoms with E-state index >= 15 is 0 Å². The predicted octanol–water partition coefficient (Wildman–Crippen LogP) is 3.66. The highest BCUT2D eigenvalue weighted by atomic mass is 19.4. The van der Waals surface area contributed by atoms with Crippen molar-refractivity contribution in [3.8, 4) is 5.88 Å². The summed E-state index contributed by atoms with van der Waals surface area (Å²) >= 11 is 0. The van der Waals surface area contributed by atoms with Gasteiger partial charge in [-0.05, 0) is 37.6 Å². The van der Waals surface area contributed by atoms with Crippen LogP contribution in [0.4, 0.5) is 23.4 Å². The first-order valence-corrected chi connectivity index (χ1v) is 8.76. The largest absolute Gasteiger partial charge is 0.466 e. The topological polar surface area (TPSA) is 84.4 Å². The predicted molar refractivity (Wildman–Crippen MR) is 99.5 cm³/mol. The van der Waals surface area contributed by atoms with Gasteiger partial charge in [0, 0.05) is 31.4 Å². The molecule has 0 saturated carbocycles. The molecular formula is C19H20F4N4O3. The summed E-state index contributed by atoms with van der Waals surface area (Å²) < 4.78 is 55.1. The van der Waals surface area contributed by atoms with E-state index < -0.39 is 36.4 Å². The molecule has 0 fully saturated rings. The van der Waals surface area contributed by atoms with Crippen LogP contribution >= 0.6 is 0 Å². The number of anilines is 1. The van der Waals surface area contributed by atoms with Crippen LogP contribution in [0.5, 0.6) is 5.88 Å². The molecule has 1 N–H and O–H groups in total. The molecule has 0 saturated heterocycles. The number of aryl methyl sites for hydroxylation is 1. The number of rotatable bonds is 6. The van der Waals surface area contributed by atoms with Gasteiger partial charge in [-0.1, -0.05) is 0 Å². The van der Waals surface area contributed by atoms with E-state index in [0.717, 1.165) is 12.3 Å². The van der Waals surface area contributed by atoms with Crippen LogP contribution in [0.1, 0.15) is 41.5 Å². The normalized spacial score (nSPS) is 12.3. The second-order valence-electron chi connectivity index (χ2n) is 6.62. The van der Waals surface area contributed by atoms with Crippen molar-refractivity contribution in [3.63, 3.8) is 0 Å². The minimum absolute atomic E-state index is 0.214. The third kappa shape index (κ3) is 6.13. The number of nitrogens with one attached hydrogen (secondary N) is 1. The number of halogens is 4. The van der Waals surface area contributed by atoms with Crippen LogP contribution in [-0.2, 0) is 4.79 Å². The molecule has 0 spiro atoms. The Morgan fingerprint density at radius 1 is 1.27 bits per heavy atom. The van der Waals surface area contributed by atoms with Gasteiger partial charge in [-0.3, -0.25) is 9.59 Å². The molecule has 0 bridgehead atoms. The molecule has 2 heterocycles. The van der Waals surface area contributed by atoms with E-state index in [1.54, 1.807) is 13.8 Å². The SMILES string of the molecule is CC(=O)Nc1cc(C(=O)N(C)C(C)c2cnc(OCC(F)(F)F)c(F)c2)cc(C)n1. The molecule has 0 aliphatic rings. The van der Waals surface area contributed by atoms with Crippen molar-refractivity contribution in [2.75, 3.05) is 19.0 Å². The molecule has 7 nitrogen and oxygen atoms in total. The van der Waals surface area contributed by atoms with Crippen LogP contribution in [0.2, 0.25) is 0 Å². The van der Waals surface area contributed by atoms with Crippen LogP contribution in [-0.4, -0.2) is 46.5 Å². The highest BCUT2D eigenvalue weighted by Crippen LogP contribution is 2.25. The zero-order valence-corrected chi connectivity index (χ0v) is 16.7. The molecule has 1 atom stereocenters. The Bertz CT molecular complexity index is 950. The number of aromatic nitrogens is 2. The van der Waals surface area contributed by atoms with Crippen molar-refractivity contribution >= 4 is 17.6 Å². The zero-order chi connectivity index (χ0) is 22.6. The number of carbonyl (C=O) groups is 2. The summed E-state index contributed by atoms with van der Waals surface area (Å²) in [5.41, 5.74) is 1.01. The minimum atomic E-state index is -4.62. The Hall–Kier alpha value is -3.24. The summed E-state index contributed by atoms with van der Waals surface area (Å²) in [5, 5.41) is 2.50. The summed E-state index contributed by atoms with van der Waals surface area (Å²) in [6.45, 7) is 2.91. The Morgan fingerprint density at radius 2 is 1.93 bits per heavy atom. The van der Waals surface area contributed by atoms with Gasteiger partial charge in [-0.25, -0.2) is 14.4 Å². The van der Waals surface area contributed by atoms with Crippen LogP contribution in [0, 0.1) is 12.7 Å². The summed E-state index contributed by atoms with van der Waals surface area (Å²) in [6, 6.07) is 3.25. The lowest BCUT2D eigenvalue weighted by Gasteiger charge is -2.25. The fourth-order valence-corrected chi connectivity index (χ4v) is 2.56. The van der Waals surface area contributed by atoms with Crippen LogP contribution in [0.15, 0.2) is 24.4 Å². The highest BCUT2D eigenvalue weighted by molar-refractivity contribution is 5.96. The van der Waals surface area contributed by atoms with Gasteiger partial charge in [0.2, 0.25) is 5.91 Å². The number of amides is 2. The average Bonchev–Trinajstić information content (AvgIpc) is 2.63. The molecule has 0 aliphatic carbocycles. The standard InChI is InChI=1S/C19H20F4N4O3/c1-10-5-13(7-16(25-10)26-12(3)28)18(29)27(4)11(2)14-6-15(20)17(24-8-14)30-9-19(21,22)23/h5-8,11H,9H2,1-4H3,(H,25,26,28). The van der Waals surface area contributed by atoms with E-state index in [2.05, 4.69) is 20.0 Å². The van der Waals surface area contributed by atoms with E-state index in [4.69, 9.17) is 0 Å². The highest BCUT2D eigenvalue weighted by Gasteiger charge is 2.29. The van der Waals surface area contributed by atoms with Crippen molar-refractivity contribution in [2.45, 2.75) is 33.0 Å². The van der Waals surface area contributed by atoms with E-state index in [0.29, 0.717) is 5.69 Å². The lowest BCUT2D eigenvalue weighted by molar-refractivity contribution is -0.154. The maximum Gasteiger partial charge on any atom is 0.422 e. The fourth-order valence-electron chi connectivity index (χ4n) is 2.56. The molecule has 0 aromatic carbocycles. The molecule has 0 radical (unpaired) electrons. The minimum Gasteiger partial charge on any atom is -0.466 e. The molecule has 0 aliphatic heterocycles. The third-order valence-electron chi connectivity index (χ3n) is 4.09. The van der Waals surface area contributed by atoms with E-state index in [-0.39, 0.29) is 22.9 Å². The maximum absolute atomic E-state index is 14.1. The monoisotopic (exact) mass is 428 g/mol. The second kappa shape index (κ2) is 9.06. The van der Waals surface area contributed by atoms with Gasteiger partial charge in [0.25, 0.3) is 11.8 Å². The summed E-state index contributed by atoms with van der Waals surface area (Å²) in [4.78, 5) is 33.1. The Balaban J connectivity index is 2.19. The second-order valence-corrected chi connectivity index (χ2v) is 6.62. The maximum atomic E-state index is 14.1. The number of carbonyl (C=O) groups excluding carboxylic acids is 2. The summed E-state index contributed by atoms with van der Waals surface area (Å²) in [7, 11) is 1.48. The number of hydrogen-bond acceptors (Lipinski definition) is 5. The van der Waals surface area contributed by atoms with Gasteiger partial charge < -0.3 is 15.0 Å². The van der Waals surface area contributed by atoms with Gasteiger partial charge in [-0.2, -0.15) is 13.2 Å². The summed E-state index contributed by atoms with van der Waals surface area (Å²) in [6.07, 6.45) is -3.48. The van der Waals surface area contributed by atoms with Crippen molar-refractivity contribution < 1.29 is 31.9 Å². The molecule has 1 unspecified atom stereocenters. The number of hydrogen-bond donors (Lipinski definition) is 1. The van der Waals surface area contributed by atoms with Crippen molar-refractivity contribution in [1.29, 1.82) is 0 Å². The Labute approximate surface area is 170 Å². The van der Waals surface area contributed by atoms with Gasteiger partial charge in [0.15, 0.2) is 12.4 Å². The summed E-state index contributed by atoms with van der Waals surface area (Å²) in [5.74, 6) is -2.41. The first-order valence-electron chi connectivity index (χ1n) is 8.76. The molecule has 162 valence electrons. The fraction of sp³-hybridized carbons (Fsp3) is 0.368. The van der Waals surface area contributed by atoms with Gasteiger partial charge >= 0.3 is 6.18 Å². The van der Waals surface area contributed by atoms with Crippen molar-refractivity contribution in [1.82, 2.24) is 14.9 Å². The van der Waals surface area contributed by atoms with Gasteiger partial charge in [0.1, 0.15) is 5.82 Å². The zero-order valence-electron chi connectivity index (χ0n) is 16.7. The number of ether oxygens (including phenoxy) is 1. The number of alkyl halides is 3.